The Hall–Kier alpha value is -0.136. The maximum absolute atomic E-state index is 5.51. The second kappa shape index (κ2) is 10.6. The molecule has 0 saturated heterocycles. The van der Waals surface area contributed by atoms with E-state index in [1.807, 2.05) is 13.8 Å². The molecule has 0 aliphatic heterocycles. The molecule has 20 heavy (non-hydrogen) atoms. The van der Waals surface area contributed by atoms with Crippen LogP contribution in [0.4, 0.5) is 0 Å². The van der Waals surface area contributed by atoms with Crippen molar-refractivity contribution in [3.63, 3.8) is 0 Å². The topological polar surface area (TPSA) is 0 Å². The molecule has 0 atom stereocenters. The Kier molecular flexibility index (Phi) is 10.5. The van der Waals surface area contributed by atoms with Crippen molar-refractivity contribution in [2.75, 3.05) is 0 Å². The molecule has 0 aliphatic carbocycles. The van der Waals surface area contributed by atoms with Crippen LogP contribution in [0.25, 0.3) is 0 Å². The van der Waals surface area contributed by atoms with E-state index in [0.717, 1.165) is 0 Å². The summed E-state index contributed by atoms with van der Waals surface area (Å²) < 4.78 is 1.21. The van der Waals surface area contributed by atoms with Gasteiger partial charge in [0, 0.05) is 0 Å². The Labute approximate surface area is 137 Å². The van der Waals surface area contributed by atoms with Gasteiger partial charge in [0.2, 0.25) is 0 Å². The normalized spacial score (nSPS) is 9.00. The van der Waals surface area contributed by atoms with Gasteiger partial charge in [-0.1, -0.05) is 27.7 Å². The van der Waals surface area contributed by atoms with Crippen LogP contribution in [0.2, 0.25) is 0 Å². The summed E-state index contributed by atoms with van der Waals surface area (Å²) in [5.74, 6) is 0. The first-order chi connectivity index (χ1) is 9.25. The van der Waals surface area contributed by atoms with Gasteiger partial charge in [0.25, 0.3) is 0 Å². The van der Waals surface area contributed by atoms with Gasteiger partial charge in [0.1, 0.15) is 0 Å². The average Bonchev–Trinajstić information content (AvgIpc) is 2.91. The van der Waals surface area contributed by atoms with Crippen molar-refractivity contribution < 1.29 is 15.3 Å². The third-order valence-corrected chi connectivity index (χ3v) is 7.30. The molecule has 0 N–H and O–H groups in total. The standard InChI is InChI=1S/2C7H9.C3H6.2ClH.Ti/c2*1-6-4-3-5-7(6)2;1-3-2;;;/h2*3-5H,1-2H3;1-2H3;2*1H;/q2*-1;;;;+2/p-2. The summed E-state index contributed by atoms with van der Waals surface area (Å²) in [6.07, 6.45) is 0. The first kappa shape index (κ1) is 19.9. The fourth-order valence-corrected chi connectivity index (χ4v) is 1.20. The number of rotatable bonds is 0. The minimum atomic E-state index is -1.60. The van der Waals surface area contributed by atoms with Gasteiger partial charge in [0.15, 0.2) is 0 Å². The smallest absolute Gasteiger partial charge is 0.0632 e. The van der Waals surface area contributed by atoms with Crippen LogP contribution in [0.3, 0.4) is 0 Å². The van der Waals surface area contributed by atoms with Crippen molar-refractivity contribution in [3.8, 4) is 0 Å². The van der Waals surface area contributed by atoms with Crippen LogP contribution in [-0.2, 0) is 15.3 Å². The van der Waals surface area contributed by atoms with Crippen LogP contribution in [-0.4, -0.2) is 3.81 Å². The predicted molar refractivity (Wildman–Crippen MR) is 91.1 cm³/mol. The second-order valence-electron chi connectivity index (χ2n) is 5.04. The summed E-state index contributed by atoms with van der Waals surface area (Å²) in [6, 6.07) is 12.6. The SMILES string of the molecule is C[C](C)=[Ti]([Cl])[Cl].Cc1cc[cH-]c1C.Cc1cc[cH-]c1C. The Morgan fingerprint density at radius 2 is 1.15 bits per heavy atom. The number of halogens is 2. The predicted octanol–water partition coefficient (Wildman–Crippen LogP) is 6.17. The van der Waals surface area contributed by atoms with Crippen LogP contribution < -0.4 is 0 Å². The van der Waals surface area contributed by atoms with Gasteiger partial charge in [-0.2, -0.15) is 46.5 Å². The van der Waals surface area contributed by atoms with E-state index >= 15 is 0 Å². The Morgan fingerprint density at radius 3 is 1.20 bits per heavy atom. The molecule has 0 aromatic heterocycles. The van der Waals surface area contributed by atoms with Gasteiger partial charge in [-0.3, -0.25) is 0 Å². The van der Waals surface area contributed by atoms with Crippen molar-refractivity contribution in [2.24, 2.45) is 0 Å². The van der Waals surface area contributed by atoms with Gasteiger partial charge < -0.3 is 0 Å². The zero-order valence-corrected chi connectivity index (χ0v) is 16.3. The summed E-state index contributed by atoms with van der Waals surface area (Å²) in [5, 5.41) is 0. The Balaban J connectivity index is 0.000000272. The largest absolute Gasteiger partial charge is 0.211 e. The Morgan fingerprint density at radius 1 is 0.850 bits per heavy atom. The quantitative estimate of drug-likeness (QED) is 0.395. The molecule has 0 spiro atoms. The van der Waals surface area contributed by atoms with E-state index in [1.165, 1.54) is 26.1 Å². The zero-order chi connectivity index (χ0) is 15.7. The van der Waals surface area contributed by atoms with Crippen LogP contribution in [0.5, 0.6) is 0 Å². The van der Waals surface area contributed by atoms with E-state index in [-0.39, 0.29) is 0 Å². The molecule has 2 rings (SSSR count). The van der Waals surface area contributed by atoms with Crippen LogP contribution >= 0.6 is 18.6 Å². The van der Waals surface area contributed by atoms with Crippen LogP contribution in [0.1, 0.15) is 36.1 Å². The minimum absolute atomic E-state index is 1.21. The third-order valence-electron chi connectivity index (χ3n) is 3.01. The average molecular weight is 347 g/mol. The van der Waals surface area contributed by atoms with Crippen molar-refractivity contribution in [1.29, 1.82) is 0 Å². The van der Waals surface area contributed by atoms with E-state index < -0.39 is 15.3 Å². The molecule has 0 unspecified atom stereocenters. The van der Waals surface area contributed by atoms with Crippen molar-refractivity contribution in [1.82, 2.24) is 0 Å². The molecule has 2 aromatic carbocycles. The summed E-state index contributed by atoms with van der Waals surface area (Å²) in [7, 11) is 11.0. The van der Waals surface area contributed by atoms with Gasteiger partial charge in [-0.05, 0) is 0 Å². The molecule has 0 saturated carbocycles. The number of aryl methyl sites for hydroxylation is 4. The van der Waals surface area contributed by atoms with Crippen molar-refractivity contribution >= 4 is 22.4 Å². The minimum Gasteiger partial charge on any atom is -0.211 e. The monoisotopic (exact) mass is 346 g/mol. The molecule has 0 nitrogen and oxygen atoms in total. The van der Waals surface area contributed by atoms with Crippen molar-refractivity contribution in [2.45, 2.75) is 41.5 Å². The Bertz CT molecular complexity index is 443. The number of hydrogen-bond acceptors (Lipinski definition) is 0. The van der Waals surface area contributed by atoms with E-state index in [4.69, 9.17) is 18.6 Å². The summed E-state index contributed by atoms with van der Waals surface area (Å²) in [6.45, 7) is 12.4. The molecule has 0 amide bonds. The van der Waals surface area contributed by atoms with Gasteiger partial charge >= 0.3 is 51.6 Å². The van der Waals surface area contributed by atoms with Gasteiger partial charge in [-0.15, -0.1) is 0 Å². The third kappa shape index (κ3) is 8.92. The van der Waals surface area contributed by atoms with Gasteiger partial charge in [-0.25, -0.2) is 12.1 Å². The molecule has 3 heteroatoms. The molecule has 2 aromatic rings. The molecule has 0 radical (unpaired) electrons. The van der Waals surface area contributed by atoms with Crippen LogP contribution in [0, 0.1) is 27.7 Å². The first-order valence-corrected chi connectivity index (χ1v) is 11.7. The maximum Gasteiger partial charge on any atom is -0.0632 e. The molecule has 0 heterocycles. The molecular weight excluding hydrogens is 323 g/mol. The molecule has 0 fully saturated rings. The fraction of sp³-hybridized carbons (Fsp3) is 0.353. The zero-order valence-electron chi connectivity index (χ0n) is 13.2. The molecule has 0 aliphatic rings. The molecule has 0 bridgehead atoms. The summed E-state index contributed by atoms with van der Waals surface area (Å²) in [4.78, 5) is 0. The second-order valence-corrected chi connectivity index (χ2v) is 11.3. The van der Waals surface area contributed by atoms with E-state index in [2.05, 4.69) is 64.1 Å². The molecule has 112 valence electrons. The van der Waals surface area contributed by atoms with Crippen molar-refractivity contribution in [3.05, 3.63) is 58.7 Å². The van der Waals surface area contributed by atoms with E-state index in [1.54, 1.807) is 0 Å². The summed E-state index contributed by atoms with van der Waals surface area (Å²) >= 11 is -1.60. The van der Waals surface area contributed by atoms with Gasteiger partial charge in [0.05, 0.1) is 0 Å². The summed E-state index contributed by atoms with van der Waals surface area (Å²) in [5.41, 5.74) is 5.56. The maximum atomic E-state index is 5.51. The van der Waals surface area contributed by atoms with Crippen LogP contribution in [0.15, 0.2) is 36.4 Å². The molecular formula is C17H24Cl2Ti-2. The van der Waals surface area contributed by atoms with E-state index in [0.29, 0.717) is 0 Å². The fourth-order valence-electron chi connectivity index (χ4n) is 1.20. The first-order valence-electron chi connectivity index (χ1n) is 6.62. The number of hydrogen-bond donors (Lipinski definition) is 0. The van der Waals surface area contributed by atoms with E-state index in [9.17, 15) is 0 Å².